The molecule has 1 unspecified atom stereocenters. The highest BCUT2D eigenvalue weighted by atomic mass is 16.5. The van der Waals surface area contributed by atoms with Gasteiger partial charge in [-0.2, -0.15) is 4.98 Å². The highest BCUT2D eigenvalue weighted by Crippen LogP contribution is 2.18. The smallest absolute Gasteiger partial charge is 0.223 e. The molecule has 2 aromatic rings. The second kappa shape index (κ2) is 7.88. The number of carbonyl (C=O) groups is 2. The normalized spacial score (nSPS) is 16.7. The third-order valence-electron chi connectivity index (χ3n) is 4.20. The van der Waals surface area contributed by atoms with E-state index in [0.717, 1.165) is 6.42 Å². The minimum Gasteiger partial charge on any atom is -0.472 e. The summed E-state index contributed by atoms with van der Waals surface area (Å²) in [6, 6.07) is 10.8. The molecule has 0 N–H and O–H groups in total. The number of rotatable bonds is 6. The molecule has 6 nitrogen and oxygen atoms in total. The van der Waals surface area contributed by atoms with Crippen LogP contribution < -0.4 is 4.74 Å². The Bertz CT molecular complexity index is 749. The quantitative estimate of drug-likeness (QED) is 0.756. The molecule has 1 atom stereocenters. The van der Waals surface area contributed by atoms with Crippen LogP contribution in [0.4, 0.5) is 0 Å². The number of hydrogen-bond acceptors (Lipinski definition) is 5. The van der Waals surface area contributed by atoms with Crippen molar-refractivity contribution in [1.29, 1.82) is 0 Å². The summed E-state index contributed by atoms with van der Waals surface area (Å²) in [6.07, 6.45) is 2.82. The summed E-state index contributed by atoms with van der Waals surface area (Å²) >= 11 is 0. The second-order valence-corrected chi connectivity index (χ2v) is 6.10. The zero-order valence-electron chi connectivity index (χ0n) is 14.2. The molecule has 0 aliphatic carbocycles. The van der Waals surface area contributed by atoms with E-state index in [1.54, 1.807) is 36.2 Å². The van der Waals surface area contributed by atoms with Gasteiger partial charge in [-0.05, 0) is 6.92 Å². The summed E-state index contributed by atoms with van der Waals surface area (Å²) in [4.78, 5) is 34.4. The van der Waals surface area contributed by atoms with Gasteiger partial charge in [-0.25, -0.2) is 4.98 Å². The number of carbonyl (C=O) groups excluding carboxylic acids is 2. The second-order valence-electron chi connectivity index (χ2n) is 6.10. The average molecular weight is 339 g/mol. The third-order valence-corrected chi connectivity index (χ3v) is 4.20. The summed E-state index contributed by atoms with van der Waals surface area (Å²) < 4.78 is 5.82. The molecule has 1 aliphatic heterocycles. The molecule has 1 aromatic heterocycles. The SMILES string of the molecule is Cc1nccc(OC2CCN(C(=O)CCC(=O)c3ccccc3)C2)n1. The first-order valence-corrected chi connectivity index (χ1v) is 8.44. The van der Waals surface area contributed by atoms with Crippen LogP contribution in [0, 0.1) is 6.92 Å². The van der Waals surface area contributed by atoms with E-state index in [-0.39, 0.29) is 30.6 Å². The maximum absolute atomic E-state index is 12.3. The van der Waals surface area contributed by atoms with Crippen LogP contribution >= 0.6 is 0 Å². The first kappa shape index (κ1) is 17.1. The van der Waals surface area contributed by atoms with E-state index in [9.17, 15) is 9.59 Å². The fourth-order valence-electron chi connectivity index (χ4n) is 2.87. The van der Waals surface area contributed by atoms with Crippen molar-refractivity contribution in [3.8, 4) is 5.88 Å². The molecule has 1 aromatic carbocycles. The van der Waals surface area contributed by atoms with Crippen LogP contribution in [0.1, 0.15) is 35.4 Å². The zero-order chi connectivity index (χ0) is 17.6. The molecule has 0 saturated carbocycles. The molecule has 0 bridgehead atoms. The summed E-state index contributed by atoms with van der Waals surface area (Å²) in [5.74, 6) is 1.18. The number of aromatic nitrogens is 2. The first-order valence-electron chi connectivity index (χ1n) is 8.44. The molecule has 1 fully saturated rings. The molecule has 3 rings (SSSR count). The van der Waals surface area contributed by atoms with Gasteiger partial charge in [0.05, 0.1) is 6.54 Å². The lowest BCUT2D eigenvalue weighted by molar-refractivity contribution is -0.130. The Morgan fingerprint density at radius 2 is 2.00 bits per heavy atom. The number of likely N-dealkylation sites (tertiary alicyclic amines) is 1. The fourth-order valence-corrected chi connectivity index (χ4v) is 2.87. The first-order chi connectivity index (χ1) is 12.1. The lowest BCUT2D eigenvalue weighted by Crippen LogP contribution is -2.31. The average Bonchev–Trinajstić information content (AvgIpc) is 3.08. The summed E-state index contributed by atoms with van der Waals surface area (Å²) in [5, 5.41) is 0. The molecule has 130 valence electrons. The van der Waals surface area contributed by atoms with E-state index >= 15 is 0 Å². The van der Waals surface area contributed by atoms with Gasteiger partial charge in [0.1, 0.15) is 11.9 Å². The van der Waals surface area contributed by atoms with Crippen molar-refractivity contribution >= 4 is 11.7 Å². The van der Waals surface area contributed by atoms with Gasteiger partial charge in [0.15, 0.2) is 5.78 Å². The van der Waals surface area contributed by atoms with Crippen molar-refractivity contribution in [2.24, 2.45) is 0 Å². The van der Waals surface area contributed by atoms with Gasteiger partial charge in [0.25, 0.3) is 0 Å². The van der Waals surface area contributed by atoms with E-state index in [4.69, 9.17) is 4.74 Å². The highest BCUT2D eigenvalue weighted by molar-refractivity contribution is 5.97. The number of ether oxygens (including phenoxy) is 1. The van der Waals surface area contributed by atoms with Crippen LogP contribution in [-0.2, 0) is 4.79 Å². The molecule has 1 aliphatic rings. The van der Waals surface area contributed by atoms with E-state index in [1.165, 1.54) is 0 Å². The summed E-state index contributed by atoms with van der Waals surface area (Å²) in [5.41, 5.74) is 0.650. The number of Topliss-reactive ketones (excluding diaryl/α,β-unsaturated/α-hetero) is 1. The van der Waals surface area contributed by atoms with Crippen molar-refractivity contribution in [3.05, 3.63) is 54.0 Å². The zero-order valence-corrected chi connectivity index (χ0v) is 14.2. The maximum atomic E-state index is 12.3. The molecule has 1 saturated heterocycles. The largest absolute Gasteiger partial charge is 0.472 e. The van der Waals surface area contributed by atoms with Crippen molar-refractivity contribution < 1.29 is 14.3 Å². The molecule has 25 heavy (non-hydrogen) atoms. The monoisotopic (exact) mass is 339 g/mol. The van der Waals surface area contributed by atoms with Crippen LogP contribution in [0.3, 0.4) is 0 Å². The van der Waals surface area contributed by atoms with Crippen molar-refractivity contribution in [2.45, 2.75) is 32.3 Å². The molecule has 0 spiro atoms. The van der Waals surface area contributed by atoms with Gasteiger partial charge < -0.3 is 9.64 Å². The van der Waals surface area contributed by atoms with Gasteiger partial charge in [0.2, 0.25) is 11.8 Å². The van der Waals surface area contributed by atoms with Crippen LogP contribution in [0.5, 0.6) is 5.88 Å². The molecular formula is C19H21N3O3. The summed E-state index contributed by atoms with van der Waals surface area (Å²) in [7, 11) is 0. The number of hydrogen-bond donors (Lipinski definition) is 0. The fraction of sp³-hybridized carbons (Fsp3) is 0.368. The number of aryl methyl sites for hydroxylation is 1. The predicted molar refractivity (Wildman–Crippen MR) is 92.4 cm³/mol. The van der Waals surface area contributed by atoms with Gasteiger partial charge in [0, 0.05) is 43.6 Å². The topological polar surface area (TPSA) is 72.4 Å². The maximum Gasteiger partial charge on any atom is 0.223 e. The third kappa shape index (κ3) is 4.62. The Morgan fingerprint density at radius 3 is 2.76 bits per heavy atom. The van der Waals surface area contributed by atoms with Crippen molar-refractivity contribution in [1.82, 2.24) is 14.9 Å². The Hall–Kier alpha value is -2.76. The van der Waals surface area contributed by atoms with Crippen molar-refractivity contribution in [3.63, 3.8) is 0 Å². The minimum atomic E-state index is -0.0666. The summed E-state index contributed by atoms with van der Waals surface area (Å²) in [6.45, 7) is 2.98. The number of ketones is 1. The Kier molecular flexibility index (Phi) is 5.38. The van der Waals surface area contributed by atoms with Crippen LogP contribution in [0.15, 0.2) is 42.6 Å². The van der Waals surface area contributed by atoms with E-state index < -0.39 is 0 Å². The van der Waals surface area contributed by atoms with Crippen molar-refractivity contribution in [2.75, 3.05) is 13.1 Å². The van der Waals surface area contributed by atoms with Gasteiger partial charge in [-0.1, -0.05) is 30.3 Å². The Labute approximate surface area is 146 Å². The minimum absolute atomic E-state index is 0.00240. The van der Waals surface area contributed by atoms with Gasteiger partial charge in [-0.3, -0.25) is 9.59 Å². The number of nitrogens with zero attached hydrogens (tertiary/aromatic N) is 3. The molecular weight excluding hydrogens is 318 g/mol. The lowest BCUT2D eigenvalue weighted by atomic mass is 10.1. The van der Waals surface area contributed by atoms with Gasteiger partial charge >= 0.3 is 0 Å². The standard InChI is InChI=1S/C19H21N3O3/c1-14-20-11-9-18(21-14)25-16-10-12-22(13-16)19(24)8-7-17(23)15-5-3-2-4-6-15/h2-6,9,11,16H,7-8,10,12-13H2,1H3. The molecule has 1 amide bonds. The van der Waals surface area contributed by atoms with E-state index in [2.05, 4.69) is 9.97 Å². The molecule has 6 heteroatoms. The van der Waals surface area contributed by atoms with Crippen LogP contribution in [0.25, 0.3) is 0 Å². The highest BCUT2D eigenvalue weighted by Gasteiger charge is 2.28. The predicted octanol–water partition coefficient (Wildman–Crippen LogP) is 2.43. The number of benzene rings is 1. The van der Waals surface area contributed by atoms with Crippen LogP contribution in [-0.4, -0.2) is 45.8 Å². The number of amides is 1. The Balaban J connectivity index is 1.47. The Morgan fingerprint density at radius 1 is 1.20 bits per heavy atom. The van der Waals surface area contributed by atoms with Crippen LogP contribution in [0.2, 0.25) is 0 Å². The van der Waals surface area contributed by atoms with Gasteiger partial charge in [-0.15, -0.1) is 0 Å². The lowest BCUT2D eigenvalue weighted by Gasteiger charge is -2.17. The van der Waals surface area contributed by atoms with E-state index in [1.807, 2.05) is 18.2 Å². The molecule has 0 radical (unpaired) electrons. The van der Waals surface area contributed by atoms with E-state index in [0.29, 0.717) is 30.4 Å². The molecule has 2 heterocycles.